The third-order valence-electron chi connectivity index (χ3n) is 3.11. The minimum absolute atomic E-state index is 0.00174. The van der Waals surface area contributed by atoms with Gasteiger partial charge in [-0.3, -0.25) is 0 Å². The Kier molecular flexibility index (Phi) is 7.98. The Balaban J connectivity index is 2.14. The molecule has 0 radical (unpaired) electrons. The summed E-state index contributed by atoms with van der Waals surface area (Å²) in [6.07, 6.45) is 9.45. The highest BCUT2D eigenvalue weighted by Crippen LogP contribution is 2.15. The van der Waals surface area contributed by atoms with Crippen molar-refractivity contribution in [2.24, 2.45) is 0 Å². The average molecular weight is 254 g/mol. The second-order valence-electron chi connectivity index (χ2n) is 4.93. The van der Waals surface area contributed by atoms with E-state index in [9.17, 15) is 0 Å². The first-order chi connectivity index (χ1) is 8.72. The zero-order valence-corrected chi connectivity index (χ0v) is 11.7. The fraction of sp³-hybridized carbons (Fsp3) is 0.733. The number of hydrogen-bond donors (Lipinski definition) is 1. The topological polar surface area (TPSA) is 38.7 Å². The van der Waals surface area contributed by atoms with Gasteiger partial charge in [-0.05, 0) is 46.0 Å². The molecule has 1 fully saturated rings. The van der Waals surface area contributed by atoms with Gasteiger partial charge in [0.25, 0.3) is 0 Å². The third-order valence-corrected chi connectivity index (χ3v) is 3.11. The second-order valence-corrected chi connectivity index (χ2v) is 4.93. The zero-order chi connectivity index (χ0) is 13.2. The number of aliphatic hydroxyl groups is 1. The van der Waals surface area contributed by atoms with Crippen LogP contribution in [0, 0.1) is 0 Å². The van der Waals surface area contributed by atoms with Gasteiger partial charge in [-0.25, -0.2) is 0 Å². The first-order valence-electron chi connectivity index (χ1n) is 6.87. The molecular weight excluding hydrogens is 228 g/mol. The van der Waals surface area contributed by atoms with Gasteiger partial charge in [-0.2, -0.15) is 0 Å². The summed E-state index contributed by atoms with van der Waals surface area (Å²) in [6, 6.07) is 0. The molecular formula is C15H26O3. The van der Waals surface area contributed by atoms with E-state index in [1.165, 1.54) is 17.6 Å². The molecule has 3 heteroatoms. The van der Waals surface area contributed by atoms with Gasteiger partial charge in [-0.1, -0.05) is 23.3 Å². The first-order valence-corrected chi connectivity index (χ1v) is 6.87. The Bertz CT molecular complexity index is 275. The van der Waals surface area contributed by atoms with E-state index in [1.807, 2.05) is 13.0 Å². The van der Waals surface area contributed by atoms with Crippen LogP contribution in [0.15, 0.2) is 23.3 Å². The Morgan fingerprint density at radius 2 is 2.11 bits per heavy atom. The van der Waals surface area contributed by atoms with E-state index in [0.29, 0.717) is 6.61 Å². The van der Waals surface area contributed by atoms with Gasteiger partial charge >= 0.3 is 0 Å². The highest BCUT2D eigenvalue weighted by atomic mass is 16.7. The lowest BCUT2D eigenvalue weighted by atomic mass is 10.1. The number of ether oxygens (including phenoxy) is 2. The molecule has 1 rings (SSSR count). The van der Waals surface area contributed by atoms with Gasteiger partial charge < -0.3 is 14.6 Å². The van der Waals surface area contributed by atoms with E-state index in [4.69, 9.17) is 14.6 Å². The minimum Gasteiger partial charge on any atom is -0.392 e. The lowest BCUT2D eigenvalue weighted by Gasteiger charge is -2.22. The first kappa shape index (κ1) is 15.4. The SMILES string of the molecule is C/C(=C\CO)CC/C=C(\C)COC1CCCCO1. The fourth-order valence-corrected chi connectivity index (χ4v) is 1.93. The fourth-order valence-electron chi connectivity index (χ4n) is 1.93. The van der Waals surface area contributed by atoms with Crippen molar-refractivity contribution in [3.63, 3.8) is 0 Å². The number of rotatable bonds is 7. The Morgan fingerprint density at radius 3 is 2.78 bits per heavy atom. The Labute approximate surface area is 110 Å². The van der Waals surface area contributed by atoms with Crippen LogP contribution in [-0.4, -0.2) is 31.2 Å². The Morgan fingerprint density at radius 1 is 1.28 bits per heavy atom. The molecule has 0 aromatic heterocycles. The molecule has 0 spiro atoms. The normalized spacial score (nSPS) is 22.3. The van der Waals surface area contributed by atoms with Crippen molar-refractivity contribution in [3.05, 3.63) is 23.3 Å². The van der Waals surface area contributed by atoms with Crippen molar-refractivity contribution < 1.29 is 14.6 Å². The van der Waals surface area contributed by atoms with Crippen molar-refractivity contribution in [3.8, 4) is 0 Å². The molecule has 1 atom stereocenters. The van der Waals surface area contributed by atoms with E-state index in [0.717, 1.165) is 32.3 Å². The molecule has 0 aliphatic carbocycles. The van der Waals surface area contributed by atoms with Crippen LogP contribution in [0.5, 0.6) is 0 Å². The van der Waals surface area contributed by atoms with Crippen molar-refractivity contribution in [1.29, 1.82) is 0 Å². The predicted octanol–water partition coefficient (Wildman–Crippen LogP) is 3.19. The molecule has 0 amide bonds. The van der Waals surface area contributed by atoms with Crippen molar-refractivity contribution in [1.82, 2.24) is 0 Å². The maximum Gasteiger partial charge on any atom is 0.158 e. The standard InChI is InChI=1S/C15H26O3/c1-13(9-10-16)6-5-7-14(2)12-18-15-8-3-4-11-17-15/h7,9,15-16H,3-6,8,10-12H2,1-2H3/b13-9+,14-7+. The Hall–Kier alpha value is -0.640. The smallest absolute Gasteiger partial charge is 0.158 e. The highest BCUT2D eigenvalue weighted by molar-refractivity contribution is 5.03. The molecule has 1 aliphatic heterocycles. The molecule has 0 saturated carbocycles. The van der Waals surface area contributed by atoms with E-state index in [2.05, 4.69) is 13.0 Å². The van der Waals surface area contributed by atoms with Crippen molar-refractivity contribution >= 4 is 0 Å². The van der Waals surface area contributed by atoms with Gasteiger partial charge in [0.2, 0.25) is 0 Å². The molecule has 0 bridgehead atoms. The predicted molar refractivity (Wildman–Crippen MR) is 73.4 cm³/mol. The monoisotopic (exact) mass is 254 g/mol. The summed E-state index contributed by atoms with van der Waals surface area (Å²) in [6.45, 7) is 5.77. The number of allylic oxidation sites excluding steroid dienone is 2. The second kappa shape index (κ2) is 9.31. The molecule has 0 aromatic rings. The maximum atomic E-state index is 8.75. The zero-order valence-electron chi connectivity index (χ0n) is 11.7. The van der Waals surface area contributed by atoms with Crippen LogP contribution in [-0.2, 0) is 9.47 Å². The van der Waals surface area contributed by atoms with E-state index in [1.54, 1.807) is 0 Å². The van der Waals surface area contributed by atoms with E-state index < -0.39 is 0 Å². The van der Waals surface area contributed by atoms with Gasteiger partial charge in [0.05, 0.1) is 13.2 Å². The van der Waals surface area contributed by atoms with Crippen molar-refractivity contribution in [2.75, 3.05) is 19.8 Å². The average Bonchev–Trinajstić information content (AvgIpc) is 2.38. The van der Waals surface area contributed by atoms with Gasteiger partial charge in [0, 0.05) is 6.61 Å². The third kappa shape index (κ3) is 6.94. The van der Waals surface area contributed by atoms with Crippen LogP contribution in [0.2, 0.25) is 0 Å². The van der Waals surface area contributed by atoms with Crippen LogP contribution in [0.3, 0.4) is 0 Å². The summed E-state index contributed by atoms with van der Waals surface area (Å²) < 4.78 is 11.2. The summed E-state index contributed by atoms with van der Waals surface area (Å²) in [7, 11) is 0. The molecule has 1 heterocycles. The highest BCUT2D eigenvalue weighted by Gasteiger charge is 2.13. The molecule has 1 saturated heterocycles. The van der Waals surface area contributed by atoms with Gasteiger partial charge in [0.15, 0.2) is 6.29 Å². The van der Waals surface area contributed by atoms with Crippen LogP contribution in [0.25, 0.3) is 0 Å². The molecule has 1 N–H and O–H groups in total. The quantitative estimate of drug-likeness (QED) is 0.709. The molecule has 104 valence electrons. The van der Waals surface area contributed by atoms with Gasteiger partial charge in [-0.15, -0.1) is 0 Å². The molecule has 1 unspecified atom stereocenters. The molecule has 3 nitrogen and oxygen atoms in total. The van der Waals surface area contributed by atoms with Gasteiger partial charge in [0.1, 0.15) is 0 Å². The summed E-state index contributed by atoms with van der Waals surface area (Å²) in [4.78, 5) is 0. The minimum atomic E-state index is -0.00174. The summed E-state index contributed by atoms with van der Waals surface area (Å²) in [5.41, 5.74) is 2.49. The number of aliphatic hydroxyl groups excluding tert-OH is 1. The molecule has 0 aromatic carbocycles. The summed E-state index contributed by atoms with van der Waals surface area (Å²) in [5, 5.41) is 8.75. The lowest BCUT2D eigenvalue weighted by molar-refractivity contribution is -0.156. The molecule has 18 heavy (non-hydrogen) atoms. The van der Waals surface area contributed by atoms with E-state index in [-0.39, 0.29) is 12.9 Å². The summed E-state index contributed by atoms with van der Waals surface area (Å²) in [5.74, 6) is 0. The van der Waals surface area contributed by atoms with Crippen LogP contribution >= 0.6 is 0 Å². The van der Waals surface area contributed by atoms with E-state index >= 15 is 0 Å². The van der Waals surface area contributed by atoms with Crippen LogP contribution in [0.1, 0.15) is 46.0 Å². The molecule has 1 aliphatic rings. The van der Waals surface area contributed by atoms with Crippen LogP contribution < -0.4 is 0 Å². The maximum absolute atomic E-state index is 8.75. The lowest BCUT2D eigenvalue weighted by Crippen LogP contribution is -2.22. The number of hydrogen-bond acceptors (Lipinski definition) is 3. The van der Waals surface area contributed by atoms with Crippen molar-refractivity contribution in [2.45, 2.75) is 52.2 Å². The van der Waals surface area contributed by atoms with Crippen LogP contribution in [0.4, 0.5) is 0 Å². The largest absolute Gasteiger partial charge is 0.392 e. The summed E-state index contributed by atoms with van der Waals surface area (Å²) >= 11 is 0.